The SMILES string of the molecule is CCS(=O)CCNC(C)COC. The molecule has 1 N–H and O–H groups in total. The molecule has 12 heavy (non-hydrogen) atoms. The van der Waals surface area contributed by atoms with Crippen LogP contribution < -0.4 is 5.32 Å². The third kappa shape index (κ3) is 6.76. The maximum atomic E-state index is 11.0. The molecular formula is C8H19NO2S. The molecule has 3 nitrogen and oxygen atoms in total. The van der Waals surface area contributed by atoms with E-state index in [4.69, 9.17) is 4.74 Å². The van der Waals surface area contributed by atoms with Crippen molar-refractivity contribution in [3.63, 3.8) is 0 Å². The first kappa shape index (κ1) is 12.1. The number of methoxy groups -OCH3 is 1. The van der Waals surface area contributed by atoms with Gasteiger partial charge in [0.1, 0.15) is 0 Å². The zero-order chi connectivity index (χ0) is 9.40. The van der Waals surface area contributed by atoms with E-state index in [0.717, 1.165) is 18.1 Å². The van der Waals surface area contributed by atoms with Crippen LogP contribution in [0.25, 0.3) is 0 Å². The van der Waals surface area contributed by atoms with E-state index in [1.165, 1.54) is 0 Å². The summed E-state index contributed by atoms with van der Waals surface area (Å²) in [5, 5.41) is 3.23. The van der Waals surface area contributed by atoms with Crippen molar-refractivity contribution in [3.8, 4) is 0 Å². The van der Waals surface area contributed by atoms with Gasteiger partial charge < -0.3 is 10.1 Å². The molecule has 0 radical (unpaired) electrons. The van der Waals surface area contributed by atoms with Gasteiger partial charge in [-0.25, -0.2) is 0 Å². The molecule has 0 spiro atoms. The molecule has 0 amide bonds. The Labute approximate surface area is 77.3 Å². The highest BCUT2D eigenvalue weighted by molar-refractivity contribution is 7.84. The molecule has 0 fully saturated rings. The minimum Gasteiger partial charge on any atom is -0.383 e. The third-order valence-electron chi connectivity index (χ3n) is 1.56. The summed E-state index contributed by atoms with van der Waals surface area (Å²) in [6.45, 7) is 5.51. The van der Waals surface area contributed by atoms with Gasteiger partial charge in [-0.15, -0.1) is 0 Å². The molecule has 0 aromatic carbocycles. The van der Waals surface area contributed by atoms with Crippen molar-refractivity contribution in [2.75, 3.05) is 31.8 Å². The van der Waals surface area contributed by atoms with Gasteiger partial charge in [0, 0.05) is 42.0 Å². The zero-order valence-electron chi connectivity index (χ0n) is 8.13. The van der Waals surface area contributed by atoms with Gasteiger partial charge in [0.05, 0.1) is 6.61 Å². The standard InChI is InChI=1S/C8H19NO2S/c1-4-12(10)6-5-9-8(2)7-11-3/h8-9H,4-7H2,1-3H3. The lowest BCUT2D eigenvalue weighted by atomic mass is 10.4. The van der Waals surface area contributed by atoms with Crippen LogP contribution in [0, 0.1) is 0 Å². The number of hydrogen-bond acceptors (Lipinski definition) is 3. The lowest BCUT2D eigenvalue weighted by molar-refractivity contribution is 0.173. The fourth-order valence-electron chi connectivity index (χ4n) is 0.872. The van der Waals surface area contributed by atoms with Gasteiger partial charge in [0.2, 0.25) is 0 Å². The molecule has 4 heteroatoms. The molecule has 0 aromatic rings. The van der Waals surface area contributed by atoms with E-state index in [1.807, 2.05) is 6.92 Å². The predicted molar refractivity (Wildman–Crippen MR) is 52.9 cm³/mol. The summed E-state index contributed by atoms with van der Waals surface area (Å²) in [5.74, 6) is 1.49. The number of rotatable bonds is 7. The van der Waals surface area contributed by atoms with E-state index < -0.39 is 10.8 Å². The zero-order valence-corrected chi connectivity index (χ0v) is 8.95. The molecule has 0 aliphatic heterocycles. The first-order valence-corrected chi connectivity index (χ1v) is 5.76. The quantitative estimate of drug-likeness (QED) is 0.635. The molecule has 0 heterocycles. The summed E-state index contributed by atoms with van der Waals surface area (Å²) in [6, 6.07) is 0.351. The van der Waals surface area contributed by atoms with Gasteiger partial charge in [-0.1, -0.05) is 6.92 Å². The van der Waals surface area contributed by atoms with E-state index in [1.54, 1.807) is 7.11 Å². The second-order valence-electron chi connectivity index (χ2n) is 2.74. The average molecular weight is 193 g/mol. The van der Waals surface area contributed by atoms with Crippen molar-refractivity contribution in [1.82, 2.24) is 5.32 Å². The smallest absolute Gasteiger partial charge is 0.0613 e. The van der Waals surface area contributed by atoms with E-state index >= 15 is 0 Å². The largest absolute Gasteiger partial charge is 0.383 e. The summed E-state index contributed by atoms with van der Waals surface area (Å²) >= 11 is 0. The molecule has 0 aromatic heterocycles. The summed E-state index contributed by atoms with van der Waals surface area (Å²) in [4.78, 5) is 0. The summed E-state index contributed by atoms with van der Waals surface area (Å²) in [5.41, 5.74) is 0. The Balaban J connectivity index is 3.24. The van der Waals surface area contributed by atoms with Crippen molar-refractivity contribution >= 4 is 10.8 Å². The Bertz CT molecular complexity index is 130. The Morgan fingerprint density at radius 2 is 2.25 bits per heavy atom. The van der Waals surface area contributed by atoms with Crippen LogP contribution in [0.1, 0.15) is 13.8 Å². The van der Waals surface area contributed by atoms with Gasteiger partial charge in [0.25, 0.3) is 0 Å². The molecular weight excluding hydrogens is 174 g/mol. The highest BCUT2D eigenvalue weighted by Gasteiger charge is 2.00. The van der Waals surface area contributed by atoms with Crippen LogP contribution >= 0.6 is 0 Å². The van der Waals surface area contributed by atoms with Crippen molar-refractivity contribution in [2.45, 2.75) is 19.9 Å². The van der Waals surface area contributed by atoms with Gasteiger partial charge >= 0.3 is 0 Å². The molecule has 0 aliphatic carbocycles. The molecule has 0 saturated heterocycles. The van der Waals surface area contributed by atoms with Crippen LogP contribution in [0.5, 0.6) is 0 Å². The van der Waals surface area contributed by atoms with Crippen LogP contribution in [0.3, 0.4) is 0 Å². The lowest BCUT2D eigenvalue weighted by Crippen LogP contribution is -2.33. The maximum absolute atomic E-state index is 11.0. The van der Waals surface area contributed by atoms with E-state index in [9.17, 15) is 4.21 Å². The summed E-state index contributed by atoms with van der Waals surface area (Å²) in [7, 11) is 1.03. The summed E-state index contributed by atoms with van der Waals surface area (Å²) < 4.78 is 15.9. The Morgan fingerprint density at radius 1 is 1.58 bits per heavy atom. The van der Waals surface area contributed by atoms with Crippen molar-refractivity contribution in [1.29, 1.82) is 0 Å². The molecule has 2 atom stereocenters. The van der Waals surface area contributed by atoms with Gasteiger partial charge in [-0.3, -0.25) is 4.21 Å². The number of ether oxygens (including phenoxy) is 1. The van der Waals surface area contributed by atoms with Gasteiger partial charge in [-0.2, -0.15) is 0 Å². The molecule has 2 unspecified atom stereocenters. The van der Waals surface area contributed by atoms with Crippen molar-refractivity contribution in [3.05, 3.63) is 0 Å². The molecule has 0 aliphatic rings. The minimum absolute atomic E-state index is 0.351. The first-order valence-electron chi connectivity index (χ1n) is 4.28. The number of nitrogens with one attached hydrogen (secondary N) is 1. The van der Waals surface area contributed by atoms with E-state index in [-0.39, 0.29) is 0 Å². The highest BCUT2D eigenvalue weighted by atomic mass is 32.2. The van der Waals surface area contributed by atoms with Gasteiger partial charge in [-0.05, 0) is 6.92 Å². The fraction of sp³-hybridized carbons (Fsp3) is 1.00. The van der Waals surface area contributed by atoms with Crippen LogP contribution in [-0.4, -0.2) is 42.0 Å². The Morgan fingerprint density at radius 3 is 2.75 bits per heavy atom. The molecule has 0 rings (SSSR count). The van der Waals surface area contributed by atoms with Crippen LogP contribution in [-0.2, 0) is 15.5 Å². The topological polar surface area (TPSA) is 38.3 Å². The van der Waals surface area contributed by atoms with E-state index in [0.29, 0.717) is 12.6 Å². The van der Waals surface area contributed by atoms with Crippen LogP contribution in [0.4, 0.5) is 0 Å². The maximum Gasteiger partial charge on any atom is 0.0613 e. The molecule has 0 saturated carbocycles. The second kappa shape index (κ2) is 7.71. The van der Waals surface area contributed by atoms with Crippen LogP contribution in [0.2, 0.25) is 0 Å². The Hall–Kier alpha value is 0.0700. The van der Waals surface area contributed by atoms with Gasteiger partial charge in [0.15, 0.2) is 0 Å². The van der Waals surface area contributed by atoms with Crippen molar-refractivity contribution < 1.29 is 8.95 Å². The summed E-state index contributed by atoms with van der Waals surface area (Å²) in [6.07, 6.45) is 0. The van der Waals surface area contributed by atoms with E-state index in [2.05, 4.69) is 12.2 Å². The monoisotopic (exact) mass is 193 g/mol. The average Bonchev–Trinajstić information content (AvgIpc) is 2.04. The predicted octanol–water partition coefficient (Wildman–Crippen LogP) is 0.379. The lowest BCUT2D eigenvalue weighted by Gasteiger charge is -2.11. The first-order chi connectivity index (χ1) is 5.70. The Kier molecular flexibility index (Phi) is 7.75. The highest BCUT2D eigenvalue weighted by Crippen LogP contribution is 1.83. The number of hydrogen-bond donors (Lipinski definition) is 1. The van der Waals surface area contributed by atoms with Crippen LogP contribution in [0.15, 0.2) is 0 Å². The van der Waals surface area contributed by atoms with Crippen molar-refractivity contribution in [2.24, 2.45) is 0 Å². The minimum atomic E-state index is -0.651. The fourth-order valence-corrected chi connectivity index (χ4v) is 1.51. The second-order valence-corrected chi connectivity index (χ2v) is 4.61. The molecule has 74 valence electrons. The molecule has 0 bridgehead atoms. The normalized spacial score (nSPS) is 15.9. The third-order valence-corrected chi connectivity index (χ3v) is 2.86.